The van der Waals surface area contributed by atoms with Crippen molar-refractivity contribution in [3.8, 4) is 0 Å². The van der Waals surface area contributed by atoms with E-state index in [9.17, 15) is 4.79 Å². The Morgan fingerprint density at radius 1 is 1.48 bits per heavy atom. The molecule has 1 amide bonds. The van der Waals surface area contributed by atoms with Crippen LogP contribution in [-0.2, 0) is 4.79 Å². The van der Waals surface area contributed by atoms with E-state index in [1.807, 2.05) is 6.07 Å². The van der Waals surface area contributed by atoms with E-state index in [0.717, 1.165) is 48.7 Å². The van der Waals surface area contributed by atoms with Crippen LogP contribution < -0.4 is 16.0 Å². The first kappa shape index (κ1) is 16.1. The van der Waals surface area contributed by atoms with Gasteiger partial charge in [0.25, 0.3) is 0 Å². The van der Waals surface area contributed by atoms with E-state index in [-0.39, 0.29) is 17.9 Å². The van der Waals surface area contributed by atoms with Gasteiger partial charge in [-0.25, -0.2) is 0 Å². The number of primary amides is 1. The molecule has 0 spiro atoms. The first-order valence-electron chi connectivity index (χ1n) is 7.60. The first-order valence-corrected chi connectivity index (χ1v) is 7.97. The number of benzene rings is 1. The predicted molar refractivity (Wildman–Crippen MR) is 87.7 cm³/mol. The maximum atomic E-state index is 11.2. The summed E-state index contributed by atoms with van der Waals surface area (Å²) in [5.74, 6) is -0.160. The van der Waals surface area contributed by atoms with Gasteiger partial charge in [-0.15, -0.1) is 0 Å². The van der Waals surface area contributed by atoms with E-state index < -0.39 is 0 Å². The van der Waals surface area contributed by atoms with Crippen LogP contribution in [-0.4, -0.2) is 25.5 Å². The van der Waals surface area contributed by atoms with Crippen molar-refractivity contribution < 1.29 is 4.79 Å². The largest absolute Gasteiger partial charge is 0.371 e. The third-order valence-electron chi connectivity index (χ3n) is 4.22. The van der Waals surface area contributed by atoms with Gasteiger partial charge in [0.05, 0.1) is 0 Å². The number of hydrogen-bond donors (Lipinski definition) is 2. The second kappa shape index (κ2) is 7.14. The van der Waals surface area contributed by atoms with E-state index >= 15 is 0 Å². The minimum absolute atomic E-state index is 0.0183. The van der Waals surface area contributed by atoms with Gasteiger partial charge in [-0.2, -0.15) is 0 Å². The van der Waals surface area contributed by atoms with E-state index in [4.69, 9.17) is 17.3 Å². The number of rotatable bonds is 5. The topological polar surface area (TPSA) is 58.4 Å². The van der Waals surface area contributed by atoms with Crippen LogP contribution in [0.15, 0.2) is 18.2 Å². The standard InChI is InChI=1S/C16H24ClN3O/c1-3-19-11(2)14-5-4-13(10-15(14)17)20-8-6-12(7-9-20)16(18)21/h4-5,10-12,19H,3,6-9H2,1-2H3,(H2,18,21). The van der Waals surface area contributed by atoms with E-state index in [1.165, 1.54) is 0 Å². The number of carbonyl (C=O) groups is 1. The average Bonchev–Trinajstić information content (AvgIpc) is 2.47. The van der Waals surface area contributed by atoms with Gasteiger partial charge in [0, 0.05) is 35.8 Å². The van der Waals surface area contributed by atoms with Crippen molar-refractivity contribution >= 4 is 23.2 Å². The Morgan fingerprint density at radius 2 is 2.14 bits per heavy atom. The Kier molecular flexibility index (Phi) is 5.48. The van der Waals surface area contributed by atoms with Gasteiger partial charge in [-0.1, -0.05) is 24.6 Å². The smallest absolute Gasteiger partial charge is 0.220 e. The lowest BCUT2D eigenvalue weighted by Gasteiger charge is -2.32. The SMILES string of the molecule is CCNC(C)c1ccc(N2CCC(C(N)=O)CC2)cc1Cl. The molecule has 1 saturated heterocycles. The fourth-order valence-electron chi connectivity index (χ4n) is 2.90. The molecule has 0 radical (unpaired) electrons. The van der Waals surface area contributed by atoms with Crippen molar-refractivity contribution in [2.24, 2.45) is 11.7 Å². The summed E-state index contributed by atoms with van der Waals surface area (Å²) in [5, 5.41) is 4.16. The van der Waals surface area contributed by atoms with Crippen LogP contribution in [0.2, 0.25) is 5.02 Å². The molecule has 2 rings (SSSR count). The van der Waals surface area contributed by atoms with Crippen LogP contribution in [0.3, 0.4) is 0 Å². The summed E-state index contributed by atoms with van der Waals surface area (Å²) < 4.78 is 0. The van der Waals surface area contributed by atoms with Gasteiger partial charge in [0.2, 0.25) is 5.91 Å². The summed E-state index contributed by atoms with van der Waals surface area (Å²) in [6, 6.07) is 6.47. The molecule has 4 nitrogen and oxygen atoms in total. The Hall–Kier alpha value is -1.26. The Balaban J connectivity index is 2.05. The number of hydrogen-bond acceptors (Lipinski definition) is 3. The van der Waals surface area contributed by atoms with Gasteiger partial charge < -0.3 is 16.0 Å². The van der Waals surface area contributed by atoms with E-state index in [2.05, 4.69) is 36.2 Å². The van der Waals surface area contributed by atoms with Crippen molar-refractivity contribution in [1.29, 1.82) is 0 Å². The lowest BCUT2D eigenvalue weighted by atomic mass is 9.96. The second-order valence-electron chi connectivity index (χ2n) is 5.65. The normalized spacial score (nSPS) is 17.8. The molecule has 1 atom stereocenters. The number of nitrogens with two attached hydrogens (primary N) is 1. The fraction of sp³-hybridized carbons (Fsp3) is 0.562. The van der Waals surface area contributed by atoms with Gasteiger partial charge in [0.1, 0.15) is 0 Å². The number of nitrogens with zero attached hydrogens (tertiary/aromatic N) is 1. The highest BCUT2D eigenvalue weighted by atomic mass is 35.5. The Morgan fingerprint density at radius 3 is 2.67 bits per heavy atom. The third kappa shape index (κ3) is 3.89. The van der Waals surface area contributed by atoms with Crippen LogP contribution in [0.5, 0.6) is 0 Å². The van der Waals surface area contributed by atoms with Gasteiger partial charge in [-0.05, 0) is 44.0 Å². The molecule has 21 heavy (non-hydrogen) atoms. The molecule has 1 aromatic carbocycles. The molecule has 1 aliphatic heterocycles. The maximum absolute atomic E-state index is 11.2. The van der Waals surface area contributed by atoms with Crippen LogP contribution in [0.1, 0.15) is 38.3 Å². The number of piperidine rings is 1. The van der Waals surface area contributed by atoms with Crippen LogP contribution in [0, 0.1) is 5.92 Å². The number of halogens is 1. The molecule has 116 valence electrons. The molecule has 1 heterocycles. The quantitative estimate of drug-likeness (QED) is 0.879. The lowest BCUT2D eigenvalue weighted by Crippen LogP contribution is -2.38. The number of nitrogens with one attached hydrogen (secondary N) is 1. The Labute approximate surface area is 131 Å². The molecule has 1 aliphatic rings. The van der Waals surface area contributed by atoms with Crippen molar-refractivity contribution in [2.45, 2.75) is 32.7 Å². The minimum Gasteiger partial charge on any atom is -0.371 e. The molecule has 3 N–H and O–H groups in total. The van der Waals surface area contributed by atoms with E-state index in [1.54, 1.807) is 0 Å². The molecule has 1 aromatic rings. The zero-order valence-corrected chi connectivity index (χ0v) is 13.5. The predicted octanol–water partition coefficient (Wildman–Crippen LogP) is 2.71. The summed E-state index contributed by atoms with van der Waals surface area (Å²) in [6.07, 6.45) is 1.64. The van der Waals surface area contributed by atoms with Crippen molar-refractivity contribution in [2.75, 3.05) is 24.5 Å². The van der Waals surface area contributed by atoms with Gasteiger partial charge >= 0.3 is 0 Å². The third-order valence-corrected chi connectivity index (χ3v) is 4.55. The van der Waals surface area contributed by atoms with Crippen LogP contribution >= 0.6 is 11.6 Å². The summed E-state index contributed by atoms with van der Waals surface area (Å²) in [4.78, 5) is 13.5. The van der Waals surface area contributed by atoms with Crippen molar-refractivity contribution in [1.82, 2.24) is 5.32 Å². The molecule has 1 unspecified atom stereocenters. The molecule has 0 aromatic heterocycles. The number of amides is 1. The number of carbonyl (C=O) groups excluding carboxylic acids is 1. The summed E-state index contributed by atoms with van der Waals surface area (Å²) in [6.45, 7) is 6.82. The highest BCUT2D eigenvalue weighted by Gasteiger charge is 2.23. The Bertz CT molecular complexity index is 498. The average molecular weight is 310 g/mol. The lowest BCUT2D eigenvalue weighted by molar-refractivity contribution is -0.122. The van der Waals surface area contributed by atoms with Gasteiger partial charge in [0.15, 0.2) is 0 Å². The molecule has 0 aliphatic carbocycles. The van der Waals surface area contributed by atoms with Crippen molar-refractivity contribution in [3.05, 3.63) is 28.8 Å². The molecule has 0 saturated carbocycles. The van der Waals surface area contributed by atoms with Crippen molar-refractivity contribution in [3.63, 3.8) is 0 Å². The molecular weight excluding hydrogens is 286 g/mol. The fourth-order valence-corrected chi connectivity index (χ4v) is 3.24. The van der Waals surface area contributed by atoms with E-state index in [0.29, 0.717) is 0 Å². The molecule has 5 heteroatoms. The van der Waals surface area contributed by atoms with Crippen LogP contribution in [0.4, 0.5) is 5.69 Å². The number of anilines is 1. The summed E-state index contributed by atoms with van der Waals surface area (Å²) >= 11 is 6.42. The maximum Gasteiger partial charge on any atom is 0.220 e. The zero-order valence-electron chi connectivity index (χ0n) is 12.7. The molecule has 1 fully saturated rings. The minimum atomic E-state index is -0.178. The van der Waals surface area contributed by atoms with Crippen LogP contribution in [0.25, 0.3) is 0 Å². The van der Waals surface area contributed by atoms with Gasteiger partial charge in [-0.3, -0.25) is 4.79 Å². The summed E-state index contributed by atoms with van der Waals surface area (Å²) in [5.41, 5.74) is 7.61. The highest BCUT2D eigenvalue weighted by Crippen LogP contribution is 2.30. The zero-order chi connectivity index (χ0) is 15.4. The molecule has 0 bridgehead atoms. The second-order valence-corrected chi connectivity index (χ2v) is 6.06. The molecular formula is C16H24ClN3O. The first-order chi connectivity index (χ1) is 10.0. The highest BCUT2D eigenvalue weighted by molar-refractivity contribution is 6.31. The summed E-state index contributed by atoms with van der Waals surface area (Å²) in [7, 11) is 0. The monoisotopic (exact) mass is 309 g/mol.